The van der Waals surface area contributed by atoms with Crippen molar-refractivity contribution in [2.45, 2.75) is 25.8 Å². The van der Waals surface area contributed by atoms with E-state index in [1.54, 1.807) is 6.20 Å². The average Bonchev–Trinajstić information content (AvgIpc) is 2.49. The van der Waals surface area contributed by atoms with Crippen LogP contribution in [0.2, 0.25) is 0 Å². The molecule has 0 saturated carbocycles. The Bertz CT molecular complexity index is 547. The Kier molecular flexibility index (Phi) is 3.81. The zero-order valence-corrected chi connectivity index (χ0v) is 11.8. The fourth-order valence-electron chi connectivity index (χ4n) is 2.63. The molecule has 0 spiro atoms. The van der Waals surface area contributed by atoms with Crippen LogP contribution < -0.4 is 10.2 Å². The fraction of sp³-hybridized carbons (Fsp3) is 0.375. The quantitative estimate of drug-likeness (QED) is 0.929. The van der Waals surface area contributed by atoms with E-state index in [9.17, 15) is 0 Å². The number of benzene rings is 1. The van der Waals surface area contributed by atoms with E-state index in [1.807, 2.05) is 19.2 Å². The molecular formula is C16H20N4. The predicted molar refractivity (Wildman–Crippen MR) is 82.1 cm³/mol. The van der Waals surface area contributed by atoms with Gasteiger partial charge in [0.05, 0.1) is 11.9 Å². The average molecular weight is 268 g/mol. The minimum atomic E-state index is 0.548. The lowest BCUT2D eigenvalue weighted by Gasteiger charge is -2.33. The zero-order valence-electron chi connectivity index (χ0n) is 11.8. The van der Waals surface area contributed by atoms with Gasteiger partial charge in [0, 0.05) is 31.0 Å². The monoisotopic (exact) mass is 268 g/mol. The standard InChI is InChI=1S/C16H20N4/c1-13-11-17-12-16(18-13)20-9-7-15(8-10-20)19-14-5-3-2-4-6-14/h2-6,11-12,15,19H,7-10H2,1H3. The molecule has 0 atom stereocenters. The van der Waals surface area contributed by atoms with Gasteiger partial charge in [-0.3, -0.25) is 4.98 Å². The van der Waals surface area contributed by atoms with Crippen molar-refractivity contribution in [2.75, 3.05) is 23.3 Å². The first-order valence-corrected chi connectivity index (χ1v) is 7.16. The van der Waals surface area contributed by atoms with E-state index in [1.165, 1.54) is 5.69 Å². The number of aromatic nitrogens is 2. The summed E-state index contributed by atoms with van der Waals surface area (Å²) in [7, 11) is 0. The summed E-state index contributed by atoms with van der Waals surface area (Å²) in [6.07, 6.45) is 5.92. The largest absolute Gasteiger partial charge is 0.382 e. The highest BCUT2D eigenvalue weighted by Crippen LogP contribution is 2.20. The first kappa shape index (κ1) is 12.9. The van der Waals surface area contributed by atoms with Gasteiger partial charge in [0.1, 0.15) is 5.82 Å². The molecule has 2 aromatic rings. The number of piperidine rings is 1. The van der Waals surface area contributed by atoms with Crippen LogP contribution in [0.3, 0.4) is 0 Å². The maximum absolute atomic E-state index is 4.55. The molecule has 104 valence electrons. The fourth-order valence-corrected chi connectivity index (χ4v) is 2.63. The number of hydrogen-bond donors (Lipinski definition) is 1. The second-order valence-electron chi connectivity index (χ2n) is 5.29. The Hall–Kier alpha value is -2.10. The normalized spacial score (nSPS) is 16.1. The minimum Gasteiger partial charge on any atom is -0.382 e. The number of para-hydroxylation sites is 1. The maximum atomic E-state index is 4.55. The third-order valence-electron chi connectivity index (χ3n) is 3.71. The molecule has 4 nitrogen and oxygen atoms in total. The van der Waals surface area contributed by atoms with Crippen LogP contribution in [0.1, 0.15) is 18.5 Å². The smallest absolute Gasteiger partial charge is 0.147 e. The van der Waals surface area contributed by atoms with Crippen molar-refractivity contribution >= 4 is 11.5 Å². The second-order valence-corrected chi connectivity index (χ2v) is 5.29. The van der Waals surface area contributed by atoms with Gasteiger partial charge in [-0.2, -0.15) is 0 Å². The molecule has 0 radical (unpaired) electrons. The maximum Gasteiger partial charge on any atom is 0.147 e. The summed E-state index contributed by atoms with van der Waals surface area (Å²) in [5, 5.41) is 3.60. The summed E-state index contributed by atoms with van der Waals surface area (Å²) in [6, 6.07) is 11.0. The molecule has 1 aromatic heterocycles. The number of hydrogen-bond acceptors (Lipinski definition) is 4. The molecule has 1 N–H and O–H groups in total. The van der Waals surface area contributed by atoms with E-state index in [0.717, 1.165) is 37.4 Å². The highest BCUT2D eigenvalue weighted by Gasteiger charge is 2.20. The Balaban J connectivity index is 1.57. The van der Waals surface area contributed by atoms with Crippen LogP contribution >= 0.6 is 0 Å². The molecule has 1 aromatic carbocycles. The minimum absolute atomic E-state index is 0.548. The highest BCUT2D eigenvalue weighted by atomic mass is 15.2. The molecular weight excluding hydrogens is 248 g/mol. The van der Waals surface area contributed by atoms with E-state index in [0.29, 0.717) is 6.04 Å². The molecule has 0 bridgehead atoms. The molecule has 1 fully saturated rings. The van der Waals surface area contributed by atoms with Crippen molar-refractivity contribution in [3.63, 3.8) is 0 Å². The first-order chi connectivity index (χ1) is 9.81. The van der Waals surface area contributed by atoms with Crippen molar-refractivity contribution in [2.24, 2.45) is 0 Å². The van der Waals surface area contributed by atoms with Crippen LogP contribution in [0.4, 0.5) is 11.5 Å². The van der Waals surface area contributed by atoms with Crippen molar-refractivity contribution in [1.29, 1.82) is 0 Å². The molecule has 1 saturated heterocycles. The summed E-state index contributed by atoms with van der Waals surface area (Å²) in [6.45, 7) is 4.05. The molecule has 4 heteroatoms. The van der Waals surface area contributed by atoms with Crippen LogP contribution in [0, 0.1) is 6.92 Å². The SMILES string of the molecule is Cc1cncc(N2CCC(Nc3ccccc3)CC2)n1. The Morgan fingerprint density at radius 1 is 1.10 bits per heavy atom. The van der Waals surface area contributed by atoms with Crippen LogP contribution in [0.5, 0.6) is 0 Å². The number of nitrogens with zero attached hydrogens (tertiary/aromatic N) is 3. The topological polar surface area (TPSA) is 41.1 Å². The van der Waals surface area contributed by atoms with E-state index < -0.39 is 0 Å². The van der Waals surface area contributed by atoms with Crippen molar-refractivity contribution in [3.8, 4) is 0 Å². The molecule has 0 aliphatic carbocycles. The second kappa shape index (κ2) is 5.90. The van der Waals surface area contributed by atoms with Gasteiger partial charge < -0.3 is 10.2 Å². The molecule has 1 aliphatic rings. The van der Waals surface area contributed by atoms with E-state index in [4.69, 9.17) is 0 Å². The summed E-state index contributed by atoms with van der Waals surface area (Å²) in [4.78, 5) is 11.1. The molecule has 1 aliphatic heterocycles. The van der Waals surface area contributed by atoms with E-state index in [2.05, 4.69) is 44.5 Å². The van der Waals surface area contributed by atoms with Crippen LogP contribution in [0.15, 0.2) is 42.7 Å². The summed E-state index contributed by atoms with van der Waals surface area (Å²) in [5.41, 5.74) is 2.19. The molecule has 20 heavy (non-hydrogen) atoms. The summed E-state index contributed by atoms with van der Waals surface area (Å²) in [5.74, 6) is 1.00. The zero-order chi connectivity index (χ0) is 13.8. The Morgan fingerprint density at radius 2 is 1.85 bits per heavy atom. The molecule has 2 heterocycles. The summed E-state index contributed by atoms with van der Waals surface area (Å²) < 4.78 is 0. The van der Waals surface area contributed by atoms with Gasteiger partial charge in [-0.25, -0.2) is 4.98 Å². The number of anilines is 2. The lowest BCUT2D eigenvalue weighted by Crippen LogP contribution is -2.39. The number of rotatable bonds is 3. The predicted octanol–water partition coefficient (Wildman–Crippen LogP) is 2.87. The van der Waals surface area contributed by atoms with Crippen molar-refractivity contribution < 1.29 is 0 Å². The van der Waals surface area contributed by atoms with Crippen molar-refractivity contribution in [1.82, 2.24) is 9.97 Å². The third-order valence-corrected chi connectivity index (χ3v) is 3.71. The van der Waals surface area contributed by atoms with Gasteiger partial charge in [0.25, 0.3) is 0 Å². The van der Waals surface area contributed by atoms with Crippen LogP contribution in [0.25, 0.3) is 0 Å². The molecule has 0 amide bonds. The van der Waals surface area contributed by atoms with Crippen LogP contribution in [-0.4, -0.2) is 29.1 Å². The lowest BCUT2D eigenvalue weighted by atomic mass is 10.0. The van der Waals surface area contributed by atoms with Gasteiger partial charge in [-0.15, -0.1) is 0 Å². The lowest BCUT2D eigenvalue weighted by molar-refractivity contribution is 0.523. The van der Waals surface area contributed by atoms with Crippen molar-refractivity contribution in [3.05, 3.63) is 48.4 Å². The third kappa shape index (κ3) is 3.07. The van der Waals surface area contributed by atoms with E-state index in [-0.39, 0.29) is 0 Å². The van der Waals surface area contributed by atoms with Gasteiger partial charge >= 0.3 is 0 Å². The van der Waals surface area contributed by atoms with Gasteiger partial charge in [-0.1, -0.05) is 18.2 Å². The Morgan fingerprint density at radius 3 is 2.55 bits per heavy atom. The highest BCUT2D eigenvalue weighted by molar-refractivity contribution is 5.44. The van der Waals surface area contributed by atoms with E-state index >= 15 is 0 Å². The number of aryl methyl sites for hydroxylation is 1. The van der Waals surface area contributed by atoms with Gasteiger partial charge in [0.2, 0.25) is 0 Å². The van der Waals surface area contributed by atoms with Crippen LogP contribution in [-0.2, 0) is 0 Å². The first-order valence-electron chi connectivity index (χ1n) is 7.16. The summed E-state index contributed by atoms with van der Waals surface area (Å²) >= 11 is 0. The molecule has 3 rings (SSSR count). The van der Waals surface area contributed by atoms with Gasteiger partial charge in [0.15, 0.2) is 0 Å². The number of nitrogens with one attached hydrogen (secondary N) is 1. The Labute approximate surface area is 119 Å². The molecule has 0 unspecified atom stereocenters. The van der Waals surface area contributed by atoms with Gasteiger partial charge in [-0.05, 0) is 31.9 Å².